The van der Waals surface area contributed by atoms with Gasteiger partial charge in [-0.05, 0) is 136 Å². The van der Waals surface area contributed by atoms with Crippen LogP contribution in [0, 0.1) is 34.6 Å². The van der Waals surface area contributed by atoms with Crippen molar-refractivity contribution < 1.29 is 18.3 Å². The van der Waals surface area contributed by atoms with Crippen LogP contribution in [0.2, 0.25) is 0 Å². The topological polar surface area (TPSA) is 73.5 Å². The second-order valence-electron chi connectivity index (χ2n) is 30.1. The van der Waals surface area contributed by atoms with Gasteiger partial charge in [-0.15, -0.1) is 0 Å². The summed E-state index contributed by atoms with van der Waals surface area (Å²) in [5.41, 5.74) is 28.1. The van der Waals surface area contributed by atoms with Crippen LogP contribution < -0.4 is 37.9 Å². The molecule has 10 heterocycles. The predicted molar refractivity (Wildman–Crippen MR) is 553 cm³/mol. The second-order valence-corrected chi connectivity index (χ2v) is 30.1. The molecule has 0 spiro atoms. The van der Waals surface area contributed by atoms with E-state index in [4.69, 9.17) is 0 Å². The third-order valence-corrected chi connectivity index (χ3v) is 24.0. The number of aromatic nitrogens is 10. The van der Waals surface area contributed by atoms with Gasteiger partial charge in [0.25, 0.3) is 23.1 Å². The van der Waals surface area contributed by atoms with E-state index >= 15 is 0 Å². The van der Waals surface area contributed by atoms with Gasteiger partial charge in [0, 0.05) is 54.0 Å². The summed E-state index contributed by atoms with van der Waals surface area (Å²) >= 11 is 0. The Morgan fingerprint density at radius 2 is 0.881 bits per heavy atom. The quantitative estimate of drug-likeness (QED) is 0.127. The van der Waals surface area contributed by atoms with E-state index in [0.29, 0.717) is 18.2 Å². The van der Waals surface area contributed by atoms with E-state index in [-0.39, 0.29) is 17.0 Å². The fourth-order valence-electron chi connectivity index (χ4n) is 17.4. The van der Waals surface area contributed by atoms with Gasteiger partial charge in [0.05, 0.1) is 69.3 Å². The molecule has 0 amide bonds. The zero-order valence-electron chi connectivity index (χ0n) is 87.2. The molecule has 0 saturated heterocycles. The second kappa shape index (κ2) is 51.1. The molecule has 0 N–H and O–H groups in total. The summed E-state index contributed by atoms with van der Waals surface area (Å²) in [6.45, 7) is 75.2. The van der Waals surface area contributed by atoms with Crippen LogP contribution in [-0.2, 0) is 46.1 Å². The minimum atomic E-state index is 0.0504. The number of anilines is 5. The molecule has 0 saturated carbocycles. The summed E-state index contributed by atoms with van der Waals surface area (Å²) in [7, 11) is 17.1. The SMILES string of the molecule is CC.CC.CC.CC.CC.CC.CC.CC.CC.CC.CC.CC.Cc1cccc2c1-c1n(c3ccccc3[n+]1C)C(C)N2C.Cc1cccc2c1-c1n(cc[n+]1C)C(C)N2C.Cc1cccc2c1C(c1n(C)cc[n+]1C)c1ccccc1-2.Cc1cccc2c3cccc4c3n3c(c[n+](C)c3c12)C(C)(C)C4(C)C.Cc1ccccc1N1c2cncnc2N(C)[C@@H]1C. The Hall–Kier alpha value is -10.9. The highest BCUT2D eigenvalue weighted by molar-refractivity contribution is 6.13. The number of benzene rings is 8. The summed E-state index contributed by atoms with van der Waals surface area (Å²) < 4.78 is 18.6. The molecule has 126 heavy (non-hydrogen) atoms. The largest absolute Gasteiger partial charge is 0.337 e. The molecule has 3 unspecified atom stereocenters. The molecule has 0 bridgehead atoms. The van der Waals surface area contributed by atoms with Crippen LogP contribution in [0.4, 0.5) is 28.6 Å². The summed E-state index contributed by atoms with van der Waals surface area (Å²) in [5, 5.41) is 4.10. The molecule has 5 aliphatic rings. The van der Waals surface area contributed by atoms with Crippen LogP contribution >= 0.6 is 0 Å². The highest BCUT2D eigenvalue weighted by Gasteiger charge is 2.51. The van der Waals surface area contributed by atoms with Crippen molar-refractivity contribution >= 4 is 66.9 Å². The van der Waals surface area contributed by atoms with Gasteiger partial charge in [-0.2, -0.15) is 4.40 Å². The van der Waals surface area contributed by atoms with Crippen molar-refractivity contribution in [3.63, 3.8) is 0 Å². The van der Waals surface area contributed by atoms with Crippen LogP contribution in [-0.4, -0.2) is 55.4 Å². The molecule has 0 radical (unpaired) electrons. The molecule has 684 valence electrons. The van der Waals surface area contributed by atoms with E-state index in [1.807, 2.05) is 172 Å². The molecule has 4 atom stereocenters. The molecule has 0 fully saturated rings. The Balaban J connectivity index is 0.000000384. The van der Waals surface area contributed by atoms with E-state index in [9.17, 15) is 0 Å². The van der Waals surface area contributed by atoms with E-state index in [0.717, 1.165) is 11.5 Å². The zero-order valence-corrected chi connectivity index (χ0v) is 87.2. The van der Waals surface area contributed by atoms with Crippen LogP contribution in [0.15, 0.2) is 207 Å². The van der Waals surface area contributed by atoms with Crippen molar-refractivity contribution in [2.24, 2.45) is 35.2 Å². The first-order chi connectivity index (χ1) is 60.9. The number of nitrogens with zero attached hydrogens (tertiary/aromatic N) is 14. The Morgan fingerprint density at radius 1 is 0.405 bits per heavy atom. The molecular weight excluding hydrogens is 1540 g/mol. The van der Waals surface area contributed by atoms with E-state index < -0.39 is 0 Å². The summed E-state index contributed by atoms with van der Waals surface area (Å²) in [6.07, 6.45) is 15.3. The van der Waals surface area contributed by atoms with E-state index in [1.165, 1.54) is 145 Å². The molecule has 6 aromatic heterocycles. The molecule has 14 nitrogen and oxygen atoms in total. The number of aryl methyl sites for hydroxylation is 10. The summed E-state index contributed by atoms with van der Waals surface area (Å²) in [4.78, 5) is 17.7. The number of para-hydroxylation sites is 4. The minimum Gasteiger partial charge on any atom is -0.337 e. The lowest BCUT2D eigenvalue weighted by Crippen LogP contribution is -2.44. The van der Waals surface area contributed by atoms with E-state index in [2.05, 4.69) is 400 Å². The van der Waals surface area contributed by atoms with Gasteiger partial charge in [0.1, 0.15) is 60.6 Å². The van der Waals surface area contributed by atoms with Crippen molar-refractivity contribution in [1.29, 1.82) is 0 Å². The molecule has 14 aromatic rings. The van der Waals surface area contributed by atoms with Crippen molar-refractivity contribution in [1.82, 2.24) is 28.1 Å². The maximum Gasteiger partial charge on any atom is 0.295 e. The van der Waals surface area contributed by atoms with Gasteiger partial charge in [-0.25, -0.2) is 41.9 Å². The molecular formula is C112H170N14+4. The van der Waals surface area contributed by atoms with Crippen molar-refractivity contribution in [3.8, 4) is 33.9 Å². The lowest BCUT2D eigenvalue weighted by Gasteiger charge is -2.42. The number of hydrogen-bond donors (Lipinski definition) is 0. The summed E-state index contributed by atoms with van der Waals surface area (Å²) in [5.74, 6) is 5.23. The highest BCUT2D eigenvalue weighted by atomic mass is 15.4. The fourth-order valence-corrected chi connectivity index (χ4v) is 17.4. The smallest absolute Gasteiger partial charge is 0.295 e. The van der Waals surface area contributed by atoms with Gasteiger partial charge in [-0.1, -0.05) is 327 Å². The number of imidazole rings is 4. The van der Waals surface area contributed by atoms with Gasteiger partial charge in [-0.3, -0.25) is 0 Å². The average molecular weight is 1710 g/mol. The standard InChI is InChI=1S/C23H25N2.C19H19N2.C18H20N3.C14H16N4.C14H18N3.12C2H6/c1-14-9-7-10-15-16-11-8-12-17-20(16)25-18(23(4,5)22(17,2)3)13-24(6)21(25)19(14)15;1-13-7-6-10-15-14-8-4-5-9-16(14)18(17(13)15)19-20(2)11-12-21(19)3;1-12-8-7-11-16-17(12)18-20(4)14-9-5-6-10-15(14)21(18)13(2)19(16)3;1-10-6-4-5-7-12(10)18-11(2)17(3)14-13(18)8-15-9-16-14;1-10-6-5-7-12-13(10)14-15(3)8-9-17(14)11(2)16(12)4;12*1-2/h7-13H,1-6H3;4-12,18H,1-3H3;5-11,13H,1-4H3;4-9,11H,1-3H3;5-9,11H,1-4H3;12*1-2H3/q3*+1;;+1;;;;;;;;;;;;/t;;;11-;;;;;;;;;;;;;/m...0............./s1. The maximum atomic E-state index is 4.37. The Labute approximate surface area is 766 Å². The minimum absolute atomic E-state index is 0.0504. The molecule has 8 aromatic carbocycles. The molecule has 14 heteroatoms. The first-order valence-electron chi connectivity index (χ1n) is 48.0. The predicted octanol–water partition coefficient (Wildman–Crippen LogP) is 29.0. The van der Waals surface area contributed by atoms with Gasteiger partial charge >= 0.3 is 0 Å². The lowest BCUT2D eigenvalue weighted by atomic mass is 9.61. The zero-order chi connectivity index (χ0) is 95.9. The Morgan fingerprint density at radius 3 is 1.47 bits per heavy atom. The monoisotopic (exact) mass is 1710 g/mol. The third-order valence-electron chi connectivity index (χ3n) is 24.0. The van der Waals surface area contributed by atoms with Gasteiger partial charge < -0.3 is 19.6 Å². The first-order valence-corrected chi connectivity index (χ1v) is 48.0. The highest BCUT2D eigenvalue weighted by Crippen LogP contribution is 2.53. The first kappa shape index (κ1) is 109. The van der Waals surface area contributed by atoms with Crippen LogP contribution in [0.3, 0.4) is 0 Å². The van der Waals surface area contributed by atoms with Crippen molar-refractivity contribution in [2.45, 2.75) is 284 Å². The molecule has 19 rings (SSSR count). The average Bonchev–Trinajstić information content (AvgIpc) is 1.46. The van der Waals surface area contributed by atoms with E-state index in [1.54, 1.807) is 6.33 Å². The third kappa shape index (κ3) is 20.7. The van der Waals surface area contributed by atoms with Crippen LogP contribution in [0.1, 0.15) is 289 Å². The van der Waals surface area contributed by atoms with Gasteiger partial charge in [0.15, 0.2) is 34.9 Å². The van der Waals surface area contributed by atoms with Gasteiger partial charge in [0.2, 0.25) is 0 Å². The normalized spacial score (nSPS) is 14.6. The Kier molecular flexibility index (Phi) is 44.3. The number of rotatable bonds is 2. The molecule has 1 aliphatic carbocycles. The lowest BCUT2D eigenvalue weighted by molar-refractivity contribution is -0.679. The number of fused-ring (bicyclic) bond motifs is 15. The molecule has 4 aliphatic heterocycles. The maximum absolute atomic E-state index is 4.37. The Bertz CT molecular complexity index is 5640. The van der Waals surface area contributed by atoms with Crippen molar-refractivity contribution in [2.75, 3.05) is 40.7 Å². The van der Waals surface area contributed by atoms with Crippen molar-refractivity contribution in [3.05, 3.63) is 263 Å². The number of hydrogen-bond acceptors (Lipinski definition) is 6. The fraction of sp³-hybridized carbons (Fsp3) is 0.446. The number of pyridine rings is 1. The van der Waals surface area contributed by atoms with Crippen LogP contribution in [0.5, 0.6) is 0 Å². The summed E-state index contributed by atoms with van der Waals surface area (Å²) in [6, 6.07) is 59.1. The van der Waals surface area contributed by atoms with Crippen LogP contribution in [0.25, 0.3) is 72.3 Å².